The Labute approximate surface area is 351 Å². The maximum absolute atomic E-state index is 14.9. The molecule has 0 amide bonds. The highest BCUT2D eigenvalue weighted by atomic mass is 79.9. The minimum Gasteiger partial charge on any atom is -0.309 e. The molecule has 0 atom stereocenters. The van der Waals surface area contributed by atoms with Crippen LogP contribution in [-0.4, -0.2) is 0 Å². The summed E-state index contributed by atoms with van der Waals surface area (Å²) in [6, 6.07) is 76.4. The van der Waals surface area contributed by atoms with Crippen LogP contribution >= 0.6 is 23.1 Å². The number of rotatable bonds is 5. The van der Waals surface area contributed by atoms with Crippen molar-refractivity contribution in [2.45, 2.75) is 0 Å². The van der Waals surface area contributed by atoms with E-state index in [1.807, 2.05) is 72.8 Å². The van der Waals surface area contributed by atoms with Gasteiger partial charge in [0.1, 0.15) is 0 Å². The molecule has 0 spiro atoms. The van der Waals surface area contributed by atoms with Crippen LogP contribution in [0.4, 0.5) is 0 Å². The van der Waals surface area contributed by atoms with E-state index in [2.05, 4.69) is 162 Å². The van der Waals surface area contributed by atoms with Gasteiger partial charge in [0, 0.05) is 20.4 Å². The first-order valence-corrected chi connectivity index (χ1v) is 22.5. The van der Waals surface area contributed by atoms with Crippen molar-refractivity contribution in [2.75, 3.05) is 0 Å². The van der Waals surface area contributed by atoms with E-state index >= 15 is 0 Å². The van der Waals surface area contributed by atoms with E-state index in [-0.39, 0.29) is 0 Å². The summed E-state index contributed by atoms with van der Waals surface area (Å²) in [6.07, 6.45) is 0. The smallest absolute Gasteiger partial charge is 0.171 e. The lowest BCUT2D eigenvalue weighted by Gasteiger charge is -2.21. The molecule has 0 radical (unpaired) electrons. The van der Waals surface area contributed by atoms with Crippen LogP contribution in [-0.2, 0) is 4.57 Å². The van der Waals surface area contributed by atoms with Gasteiger partial charge >= 0.3 is 0 Å². The third kappa shape index (κ3) is 5.94. The number of hydrogen-bond acceptors (Lipinski definition) is 1. The summed E-state index contributed by atoms with van der Waals surface area (Å²) in [4.78, 5) is 0. The van der Waals surface area contributed by atoms with E-state index in [1.165, 1.54) is 75.8 Å². The molecule has 0 aliphatic carbocycles. The molecule has 0 bridgehead atoms. The summed E-state index contributed by atoms with van der Waals surface area (Å²) < 4.78 is 16.1. The van der Waals surface area contributed by atoms with Gasteiger partial charge in [-0.3, -0.25) is 0 Å². The van der Waals surface area contributed by atoms with Gasteiger partial charge in [-0.05, 0) is 105 Å². The zero-order valence-electron chi connectivity index (χ0n) is 32.0. The molecule has 0 N–H and O–H groups in total. The highest BCUT2D eigenvalue weighted by molar-refractivity contribution is 9.10. The molecule has 12 aromatic carbocycles. The van der Waals surface area contributed by atoms with Crippen LogP contribution in [0.2, 0.25) is 0 Å². The van der Waals surface area contributed by atoms with Gasteiger partial charge in [-0.25, -0.2) is 0 Å². The minimum absolute atomic E-state index is 0.850. The van der Waals surface area contributed by atoms with Crippen molar-refractivity contribution < 1.29 is 4.57 Å². The first kappa shape index (κ1) is 35.6. The quantitative estimate of drug-likeness (QED) is 0.125. The minimum atomic E-state index is -3.04. The lowest BCUT2D eigenvalue weighted by atomic mass is 9.90. The Morgan fingerprint density at radius 1 is 0.305 bits per heavy atom. The van der Waals surface area contributed by atoms with Crippen molar-refractivity contribution in [3.63, 3.8) is 0 Å². The predicted octanol–water partition coefficient (Wildman–Crippen LogP) is 14.9. The normalized spacial score (nSPS) is 11.9. The molecule has 59 heavy (non-hydrogen) atoms. The van der Waals surface area contributed by atoms with Gasteiger partial charge in [-0.15, -0.1) is 0 Å². The summed E-state index contributed by atoms with van der Waals surface area (Å²) in [5, 5.41) is 18.1. The highest BCUT2D eigenvalue weighted by Crippen LogP contribution is 2.45. The topological polar surface area (TPSA) is 17.1 Å². The monoisotopic (exact) mass is 834 g/mol. The molecular weight excluding hydrogens is 799 g/mol. The fourth-order valence-electron chi connectivity index (χ4n) is 9.22. The second-order valence-electron chi connectivity index (χ2n) is 15.3. The maximum Gasteiger partial charge on any atom is 0.171 e. The molecule has 12 aromatic rings. The Morgan fingerprint density at radius 2 is 0.678 bits per heavy atom. The second-order valence-corrected chi connectivity index (χ2v) is 19.0. The van der Waals surface area contributed by atoms with Crippen LogP contribution in [0.25, 0.3) is 86.9 Å². The van der Waals surface area contributed by atoms with Crippen LogP contribution in [0, 0.1) is 0 Å². The average Bonchev–Trinajstić information content (AvgIpc) is 3.30. The van der Waals surface area contributed by atoms with E-state index in [0.29, 0.717) is 0 Å². The first-order chi connectivity index (χ1) is 29.0. The standard InChI is InChI=1S/C34H23OP.C22H13Br/c35-36(28-12-3-1-4-13-28,29-14-5-2-6-15-29)30-16-8-11-27(23-30)31-21-19-26-18-17-24-9-7-10-25-20-22-32(31)34(26)33(24)25;23-18-6-2-5-17(13-18)19-11-9-16-8-7-14-3-1-4-15-10-12-20(19)22(16)21(14)15/h1-23H;1-13H. The van der Waals surface area contributed by atoms with Gasteiger partial charge < -0.3 is 4.57 Å². The van der Waals surface area contributed by atoms with E-state index < -0.39 is 7.14 Å². The largest absolute Gasteiger partial charge is 0.309 e. The van der Waals surface area contributed by atoms with Crippen molar-refractivity contribution in [3.05, 3.63) is 223 Å². The molecule has 0 saturated carbocycles. The lowest BCUT2D eigenvalue weighted by Crippen LogP contribution is -2.25. The molecule has 0 aromatic heterocycles. The predicted molar refractivity (Wildman–Crippen MR) is 258 cm³/mol. The summed E-state index contributed by atoms with van der Waals surface area (Å²) in [5.41, 5.74) is 4.78. The first-order valence-electron chi connectivity index (χ1n) is 20.0. The van der Waals surface area contributed by atoms with Gasteiger partial charge in [0.05, 0.1) is 0 Å². The summed E-state index contributed by atoms with van der Waals surface area (Å²) in [5.74, 6) is 0. The van der Waals surface area contributed by atoms with Gasteiger partial charge in [-0.2, -0.15) is 0 Å². The summed E-state index contributed by atoms with van der Waals surface area (Å²) in [6.45, 7) is 0. The highest BCUT2D eigenvalue weighted by Gasteiger charge is 2.30. The van der Waals surface area contributed by atoms with Crippen LogP contribution in [0.5, 0.6) is 0 Å². The van der Waals surface area contributed by atoms with Crippen LogP contribution in [0.15, 0.2) is 223 Å². The third-order valence-electron chi connectivity index (χ3n) is 12.0. The van der Waals surface area contributed by atoms with Crippen molar-refractivity contribution in [1.82, 2.24) is 0 Å². The van der Waals surface area contributed by atoms with Crippen molar-refractivity contribution in [2.24, 2.45) is 0 Å². The molecule has 0 aliphatic rings. The van der Waals surface area contributed by atoms with E-state index in [9.17, 15) is 4.57 Å². The second kappa shape index (κ2) is 14.4. The molecule has 0 saturated heterocycles. The fraction of sp³-hybridized carbons (Fsp3) is 0. The van der Waals surface area contributed by atoms with E-state index in [0.717, 1.165) is 31.5 Å². The number of benzene rings is 12. The number of halogens is 1. The number of hydrogen-bond donors (Lipinski definition) is 0. The molecule has 0 heterocycles. The van der Waals surface area contributed by atoms with Crippen molar-refractivity contribution >= 4 is 104 Å². The Hall–Kier alpha value is -6.57. The lowest BCUT2D eigenvalue weighted by molar-refractivity contribution is 0.592. The molecule has 0 fully saturated rings. The average molecular weight is 836 g/mol. The Kier molecular flexibility index (Phi) is 8.66. The summed E-state index contributed by atoms with van der Waals surface area (Å²) in [7, 11) is -3.04. The van der Waals surface area contributed by atoms with Crippen LogP contribution in [0.1, 0.15) is 0 Å². The zero-order chi connectivity index (χ0) is 39.5. The van der Waals surface area contributed by atoms with Crippen LogP contribution in [0.3, 0.4) is 0 Å². The van der Waals surface area contributed by atoms with E-state index in [4.69, 9.17) is 0 Å². The van der Waals surface area contributed by atoms with Gasteiger partial charge in [0.15, 0.2) is 7.14 Å². The van der Waals surface area contributed by atoms with E-state index in [1.54, 1.807) is 0 Å². The molecule has 278 valence electrons. The molecule has 0 aliphatic heterocycles. The maximum atomic E-state index is 14.9. The third-order valence-corrected chi connectivity index (χ3v) is 15.5. The fourth-order valence-corrected chi connectivity index (χ4v) is 12.3. The molecule has 12 rings (SSSR count). The van der Waals surface area contributed by atoms with Gasteiger partial charge in [0.25, 0.3) is 0 Å². The Balaban J connectivity index is 0.000000148. The molecule has 1 nitrogen and oxygen atoms in total. The van der Waals surface area contributed by atoms with Gasteiger partial charge in [-0.1, -0.05) is 216 Å². The molecular formula is C56H36BrOP. The molecule has 3 heteroatoms. The van der Waals surface area contributed by atoms with Gasteiger partial charge in [0.2, 0.25) is 0 Å². The van der Waals surface area contributed by atoms with Crippen molar-refractivity contribution in [3.8, 4) is 22.3 Å². The molecule has 0 unspecified atom stereocenters. The Morgan fingerprint density at radius 3 is 1.15 bits per heavy atom. The summed E-state index contributed by atoms with van der Waals surface area (Å²) >= 11 is 3.59. The van der Waals surface area contributed by atoms with Crippen molar-refractivity contribution in [1.29, 1.82) is 0 Å². The SMILES string of the molecule is Brc1cccc(-c2ccc3ccc4cccc5ccc2c3c45)c1.O=P(c1ccccc1)(c1ccccc1)c1cccc(-c2ccc3ccc4cccc5ccc2c3c45)c1. The van der Waals surface area contributed by atoms with Crippen LogP contribution < -0.4 is 15.9 Å². The Bertz CT molecular complexity index is 3460. The zero-order valence-corrected chi connectivity index (χ0v) is 34.5.